The van der Waals surface area contributed by atoms with Gasteiger partial charge in [-0.3, -0.25) is 0 Å². The SMILES string of the molecule is Cc1cccc(C)c1N(c1ccc2c(c1)C(C)(C)c1cc3c(cc1-2)-c1c(cc(N(c2c(C)cccc2C)c2cccc4c2oc2ccccc24)c2c1oc1ccccc12)C3(C)C)c1cccc2c1oc1ccccc12. The zero-order chi connectivity index (χ0) is 50.8. The van der Waals surface area contributed by atoms with E-state index in [2.05, 4.69) is 241 Å². The lowest BCUT2D eigenvalue weighted by Gasteiger charge is -2.31. The molecule has 10 aromatic carbocycles. The lowest BCUT2D eigenvalue weighted by Crippen LogP contribution is -2.20. The smallest absolute Gasteiger partial charge is 0.159 e. The van der Waals surface area contributed by atoms with E-state index in [4.69, 9.17) is 13.3 Å². The van der Waals surface area contributed by atoms with E-state index in [1.807, 2.05) is 6.07 Å². The topological polar surface area (TPSA) is 45.9 Å². The van der Waals surface area contributed by atoms with E-state index in [1.165, 1.54) is 66.8 Å². The highest BCUT2D eigenvalue weighted by molar-refractivity contribution is 6.21. The Morgan fingerprint density at radius 1 is 0.333 bits per heavy atom. The number of hydrogen-bond donors (Lipinski definition) is 0. The summed E-state index contributed by atoms with van der Waals surface area (Å²) in [5.41, 5.74) is 25.9. The molecule has 0 saturated carbocycles. The van der Waals surface area contributed by atoms with Crippen molar-refractivity contribution in [2.24, 2.45) is 0 Å². The van der Waals surface area contributed by atoms with E-state index in [0.717, 1.165) is 99.9 Å². The summed E-state index contributed by atoms with van der Waals surface area (Å²) < 4.78 is 20.9. The van der Waals surface area contributed by atoms with E-state index < -0.39 is 0 Å². The van der Waals surface area contributed by atoms with Crippen LogP contribution in [0.4, 0.5) is 34.1 Å². The number of furan rings is 3. The van der Waals surface area contributed by atoms with Crippen LogP contribution in [0.1, 0.15) is 72.2 Å². The van der Waals surface area contributed by atoms with Gasteiger partial charge in [-0.1, -0.05) is 155 Å². The number of benzene rings is 10. The third-order valence-electron chi connectivity index (χ3n) is 17.1. The van der Waals surface area contributed by atoms with Crippen molar-refractivity contribution in [3.05, 3.63) is 226 Å². The summed E-state index contributed by atoms with van der Waals surface area (Å²) in [5, 5.41) is 6.59. The van der Waals surface area contributed by atoms with Gasteiger partial charge in [-0.25, -0.2) is 0 Å². The summed E-state index contributed by atoms with van der Waals surface area (Å²) >= 11 is 0. The van der Waals surface area contributed by atoms with Crippen LogP contribution in [-0.4, -0.2) is 0 Å². The van der Waals surface area contributed by atoms with Crippen LogP contribution < -0.4 is 9.80 Å². The van der Waals surface area contributed by atoms with Crippen LogP contribution in [0.5, 0.6) is 0 Å². The van der Waals surface area contributed by atoms with E-state index in [-0.39, 0.29) is 10.8 Å². The fourth-order valence-electron chi connectivity index (χ4n) is 13.5. The predicted octanol–water partition coefficient (Wildman–Crippen LogP) is 20.2. The zero-order valence-corrected chi connectivity index (χ0v) is 43.4. The van der Waals surface area contributed by atoms with Gasteiger partial charge in [-0.05, 0) is 143 Å². The first-order valence-electron chi connectivity index (χ1n) is 26.2. The van der Waals surface area contributed by atoms with Gasteiger partial charge in [0.25, 0.3) is 0 Å². The molecular formula is C70H54N2O3. The lowest BCUT2D eigenvalue weighted by molar-refractivity contribution is 0.638. The second kappa shape index (κ2) is 15.4. The maximum absolute atomic E-state index is 7.27. The minimum Gasteiger partial charge on any atom is -0.455 e. The highest BCUT2D eigenvalue weighted by Gasteiger charge is 2.44. The number of aryl methyl sites for hydroxylation is 4. The summed E-state index contributed by atoms with van der Waals surface area (Å²) in [4.78, 5) is 4.90. The fourth-order valence-corrected chi connectivity index (χ4v) is 13.5. The summed E-state index contributed by atoms with van der Waals surface area (Å²) in [6, 6.07) is 66.2. The molecule has 5 heteroatoms. The van der Waals surface area contributed by atoms with Crippen molar-refractivity contribution in [3.63, 3.8) is 0 Å². The fraction of sp³-hybridized carbons (Fsp3) is 0.143. The number of hydrogen-bond acceptors (Lipinski definition) is 5. The minimum absolute atomic E-state index is 0.317. The molecule has 3 heterocycles. The monoisotopic (exact) mass is 970 g/mol. The number of para-hydroxylation sites is 7. The largest absolute Gasteiger partial charge is 0.455 e. The number of anilines is 6. The van der Waals surface area contributed by atoms with Crippen LogP contribution in [-0.2, 0) is 10.8 Å². The molecule has 0 saturated heterocycles. The van der Waals surface area contributed by atoms with Gasteiger partial charge in [0.15, 0.2) is 11.2 Å². The summed E-state index contributed by atoms with van der Waals surface area (Å²) in [7, 11) is 0. The molecule has 13 aromatic rings. The average Bonchev–Trinajstić information content (AvgIpc) is 4.37. The Hall–Kier alpha value is -8.80. The van der Waals surface area contributed by atoms with Gasteiger partial charge in [0.1, 0.15) is 22.3 Å². The van der Waals surface area contributed by atoms with Gasteiger partial charge < -0.3 is 23.1 Å². The van der Waals surface area contributed by atoms with E-state index in [9.17, 15) is 0 Å². The minimum atomic E-state index is -0.389. The molecule has 0 bridgehead atoms. The van der Waals surface area contributed by atoms with Gasteiger partial charge >= 0.3 is 0 Å². The Morgan fingerprint density at radius 2 is 0.787 bits per heavy atom. The molecule has 2 aliphatic carbocycles. The molecule has 0 N–H and O–H groups in total. The zero-order valence-electron chi connectivity index (χ0n) is 43.4. The molecule has 362 valence electrons. The van der Waals surface area contributed by atoms with Crippen molar-refractivity contribution in [1.82, 2.24) is 0 Å². The Balaban J connectivity index is 0.955. The number of fused-ring (bicyclic) bond motifs is 16. The van der Waals surface area contributed by atoms with Crippen molar-refractivity contribution < 1.29 is 13.3 Å². The second-order valence-electron chi connectivity index (χ2n) is 22.2. The van der Waals surface area contributed by atoms with Crippen molar-refractivity contribution >= 4 is 99.9 Å². The van der Waals surface area contributed by atoms with Crippen molar-refractivity contribution in [2.75, 3.05) is 9.80 Å². The lowest BCUT2D eigenvalue weighted by atomic mass is 9.77. The Bertz CT molecular complexity index is 4570. The third kappa shape index (κ3) is 5.95. The number of rotatable bonds is 6. The van der Waals surface area contributed by atoms with Crippen LogP contribution >= 0.6 is 0 Å². The third-order valence-corrected chi connectivity index (χ3v) is 17.1. The van der Waals surface area contributed by atoms with Crippen LogP contribution in [0.2, 0.25) is 0 Å². The van der Waals surface area contributed by atoms with Crippen molar-refractivity contribution in [1.29, 1.82) is 0 Å². The highest BCUT2D eigenvalue weighted by atomic mass is 16.3. The molecule has 75 heavy (non-hydrogen) atoms. The Kier molecular flexibility index (Phi) is 8.97. The predicted molar refractivity (Wildman–Crippen MR) is 312 cm³/mol. The van der Waals surface area contributed by atoms with Gasteiger partial charge in [0, 0.05) is 49.0 Å². The first-order valence-corrected chi connectivity index (χ1v) is 26.2. The first-order chi connectivity index (χ1) is 36.4. The van der Waals surface area contributed by atoms with Crippen molar-refractivity contribution in [2.45, 2.75) is 66.2 Å². The maximum Gasteiger partial charge on any atom is 0.159 e. The average molecular weight is 971 g/mol. The van der Waals surface area contributed by atoms with Crippen LogP contribution in [0.15, 0.2) is 195 Å². The number of nitrogens with zero attached hydrogens (tertiary/aromatic N) is 2. The van der Waals surface area contributed by atoms with Crippen LogP contribution in [0, 0.1) is 27.7 Å². The molecule has 3 aromatic heterocycles. The molecule has 0 radical (unpaired) electrons. The molecule has 0 atom stereocenters. The molecular weight excluding hydrogens is 917 g/mol. The molecule has 0 fully saturated rings. The quantitative estimate of drug-likeness (QED) is 0.166. The second-order valence-corrected chi connectivity index (χ2v) is 22.2. The summed E-state index contributed by atoms with van der Waals surface area (Å²) in [6.45, 7) is 18.5. The Morgan fingerprint density at radius 3 is 1.39 bits per heavy atom. The molecule has 0 amide bonds. The van der Waals surface area contributed by atoms with Gasteiger partial charge in [0.05, 0.1) is 33.8 Å². The maximum atomic E-state index is 7.27. The molecule has 5 nitrogen and oxygen atoms in total. The van der Waals surface area contributed by atoms with E-state index in [1.54, 1.807) is 0 Å². The Labute approximate surface area is 435 Å². The molecule has 2 aliphatic rings. The van der Waals surface area contributed by atoms with Crippen molar-refractivity contribution in [3.8, 4) is 22.3 Å². The first kappa shape index (κ1) is 43.8. The van der Waals surface area contributed by atoms with E-state index in [0.29, 0.717) is 0 Å². The molecule has 0 spiro atoms. The highest BCUT2D eigenvalue weighted by Crippen LogP contribution is 2.61. The van der Waals surface area contributed by atoms with E-state index >= 15 is 0 Å². The van der Waals surface area contributed by atoms with Gasteiger partial charge in [-0.15, -0.1) is 0 Å². The summed E-state index contributed by atoms with van der Waals surface area (Å²) in [5.74, 6) is 0. The molecule has 0 aliphatic heterocycles. The van der Waals surface area contributed by atoms with Gasteiger partial charge in [0.2, 0.25) is 0 Å². The molecule has 15 rings (SSSR count). The standard InChI is InChI=1S/C70H54N2O3/c1-39-19-15-20-40(2)64(39)71(56-28-17-26-47-45-23-9-12-30-59(45)73-66(47)56)43-33-34-44-50-36-51-54(37-53(50)69(5,6)52(44)35-43)70(7,8)55-38-58(63-49-25-11-14-32-61(49)75-68(63)62(51)55)72(65-41(3)21-16-22-42(65)4)57-29-18-27-48-46-24-10-13-31-60(46)74-67(48)57/h9-38H,1-8H3. The molecule has 0 unspecified atom stereocenters. The normalized spacial score (nSPS) is 14.1. The summed E-state index contributed by atoms with van der Waals surface area (Å²) in [6.07, 6.45) is 0. The van der Waals surface area contributed by atoms with Gasteiger partial charge in [-0.2, -0.15) is 0 Å². The van der Waals surface area contributed by atoms with Crippen LogP contribution in [0.25, 0.3) is 88.1 Å². The van der Waals surface area contributed by atoms with Crippen LogP contribution in [0.3, 0.4) is 0 Å².